The van der Waals surface area contributed by atoms with Crippen LogP contribution >= 0.6 is 0 Å². The van der Waals surface area contributed by atoms with Crippen LogP contribution in [-0.4, -0.2) is 53.3 Å². The van der Waals surface area contributed by atoms with Gasteiger partial charge in [0.15, 0.2) is 0 Å². The van der Waals surface area contributed by atoms with Crippen LogP contribution in [0.4, 0.5) is 5.69 Å². The second-order valence-electron chi connectivity index (χ2n) is 15.5. The van der Waals surface area contributed by atoms with Crippen LogP contribution < -0.4 is 21.3 Å². The molecule has 5 aliphatic heterocycles. The van der Waals surface area contributed by atoms with Crippen LogP contribution in [0.2, 0.25) is 0 Å². The second kappa shape index (κ2) is 12.8. The Morgan fingerprint density at radius 3 is 1.42 bits per heavy atom. The summed E-state index contributed by atoms with van der Waals surface area (Å²) >= 11 is 0. The van der Waals surface area contributed by atoms with E-state index < -0.39 is 0 Å². The van der Waals surface area contributed by atoms with E-state index in [2.05, 4.69) is 97.5 Å². The van der Waals surface area contributed by atoms with Crippen LogP contribution in [0.1, 0.15) is 95.2 Å². The molecule has 4 fully saturated rings. The van der Waals surface area contributed by atoms with Gasteiger partial charge in [-0.1, -0.05) is 60.7 Å². The molecule has 3 aromatic carbocycles. The van der Waals surface area contributed by atoms with E-state index in [0.717, 1.165) is 18.4 Å². The van der Waals surface area contributed by atoms with Crippen molar-refractivity contribution in [2.75, 3.05) is 0 Å². The van der Waals surface area contributed by atoms with Crippen LogP contribution in [0.5, 0.6) is 0 Å². The summed E-state index contributed by atoms with van der Waals surface area (Å²) in [6.45, 7) is 9.14. The molecule has 252 valence electrons. The number of hydrogen-bond donors (Lipinski definition) is 4. The molecule has 4 saturated heterocycles. The van der Waals surface area contributed by atoms with Gasteiger partial charge in [-0.15, -0.1) is 0 Å². The van der Waals surface area contributed by atoms with Crippen LogP contribution in [0, 0.1) is 37.8 Å². The lowest BCUT2D eigenvalue weighted by Gasteiger charge is -2.36. The average Bonchev–Trinajstić information content (AvgIpc) is 3.89. The molecular weight excluding hydrogens is 594 g/mol. The van der Waals surface area contributed by atoms with E-state index in [1.807, 2.05) is 12.1 Å². The molecule has 8 bridgehead atoms. The van der Waals surface area contributed by atoms with Crippen molar-refractivity contribution >= 4 is 5.69 Å². The lowest BCUT2D eigenvalue weighted by Crippen LogP contribution is -2.50. The summed E-state index contributed by atoms with van der Waals surface area (Å²) in [5.74, 6) is 0.833. The summed E-state index contributed by atoms with van der Waals surface area (Å²) in [7, 11) is 0. The summed E-state index contributed by atoms with van der Waals surface area (Å²) in [5.41, 5.74) is 9.80. The number of non-ortho nitro benzene ring substituents is 1. The van der Waals surface area contributed by atoms with E-state index in [4.69, 9.17) is 0 Å². The van der Waals surface area contributed by atoms with Gasteiger partial charge in [0.1, 0.15) is 0 Å². The maximum atomic E-state index is 11.6. The number of nitrogens with zero attached hydrogens (tertiary/aromatic N) is 1. The molecule has 3 aromatic rings. The van der Waals surface area contributed by atoms with Crippen molar-refractivity contribution in [2.45, 2.75) is 132 Å². The fourth-order valence-corrected chi connectivity index (χ4v) is 10.7. The zero-order valence-corrected chi connectivity index (χ0v) is 28.8. The molecule has 11 atom stereocenters. The van der Waals surface area contributed by atoms with Crippen molar-refractivity contribution in [1.82, 2.24) is 21.3 Å². The van der Waals surface area contributed by atoms with Gasteiger partial charge in [0.25, 0.3) is 5.69 Å². The van der Waals surface area contributed by atoms with Gasteiger partial charge >= 0.3 is 0 Å². The first-order chi connectivity index (χ1) is 23.3. The molecule has 5 heterocycles. The van der Waals surface area contributed by atoms with E-state index in [9.17, 15) is 10.1 Å². The highest BCUT2D eigenvalue weighted by atomic mass is 16.6. The maximum absolute atomic E-state index is 11.6. The first kappa shape index (κ1) is 31.9. The summed E-state index contributed by atoms with van der Waals surface area (Å²) in [6.07, 6.45) is 11.8. The smallest absolute Gasteiger partial charge is 0.269 e. The number of benzene rings is 3. The van der Waals surface area contributed by atoms with E-state index >= 15 is 0 Å². The Hall–Kier alpha value is -3.36. The number of fused-ring (bicyclic) bond motifs is 9. The minimum atomic E-state index is -0.290. The highest BCUT2D eigenvalue weighted by molar-refractivity contribution is 5.43. The first-order valence-electron chi connectivity index (χ1n) is 18.4. The maximum Gasteiger partial charge on any atom is 0.269 e. The molecule has 0 radical (unpaired) electrons. The first-order valence-corrected chi connectivity index (χ1v) is 18.4. The fourth-order valence-electron chi connectivity index (χ4n) is 10.7. The second-order valence-corrected chi connectivity index (χ2v) is 15.5. The topological polar surface area (TPSA) is 91.3 Å². The number of nitrogens with one attached hydrogen (secondary N) is 4. The molecule has 11 unspecified atom stereocenters. The average molecular weight is 646 g/mol. The molecule has 0 aliphatic carbocycles. The molecule has 0 spiro atoms. The minimum absolute atomic E-state index is 0.120. The Kier molecular flexibility index (Phi) is 8.52. The van der Waals surface area contributed by atoms with Crippen molar-refractivity contribution in [3.63, 3.8) is 0 Å². The summed E-state index contributed by atoms with van der Waals surface area (Å²) in [5, 5.41) is 28.5. The quantitative estimate of drug-likeness (QED) is 0.143. The SMILES string of the molecule is Cc1cccc(C)c1C1C2C=CC(N2)C(c2ccc([N+](=O)[O-])cc2)C2CCC(N2)C(c2c(C)cccc2C)C2CCC(N2)C2CCC1N2. The molecule has 48 heavy (non-hydrogen) atoms. The highest BCUT2D eigenvalue weighted by Gasteiger charge is 2.48. The zero-order valence-electron chi connectivity index (χ0n) is 28.8. The molecule has 5 aliphatic rings. The Bertz CT molecular complexity index is 1660. The van der Waals surface area contributed by atoms with Crippen molar-refractivity contribution in [3.8, 4) is 0 Å². The largest absolute Gasteiger partial charge is 0.310 e. The van der Waals surface area contributed by atoms with Crippen molar-refractivity contribution in [1.29, 1.82) is 0 Å². The molecule has 4 N–H and O–H groups in total. The van der Waals surface area contributed by atoms with Crippen molar-refractivity contribution in [2.24, 2.45) is 0 Å². The molecule has 0 saturated carbocycles. The Morgan fingerprint density at radius 2 is 0.917 bits per heavy atom. The zero-order chi connectivity index (χ0) is 33.1. The van der Waals surface area contributed by atoms with Crippen LogP contribution in [0.3, 0.4) is 0 Å². The van der Waals surface area contributed by atoms with Gasteiger partial charge in [0.2, 0.25) is 0 Å². The van der Waals surface area contributed by atoms with Gasteiger partial charge in [0, 0.05) is 78.2 Å². The standard InChI is InChI=1S/C41H51N5O2/c1-23-7-5-8-24(2)37(23)40-33-17-15-29(42-33)30-16-18-34(43-30)41(38-25(3)9-6-10-26(38)4)36-22-20-32(45-36)39(31-19-21-35(40)44-31)27-11-13-28(14-12-27)46(47)48/h5-14,19,21,29-36,39-45H,15-18,20,22H2,1-4H3. The monoisotopic (exact) mass is 645 g/mol. The van der Waals surface area contributed by atoms with E-state index in [1.54, 1.807) is 12.1 Å². The number of nitro groups is 1. The summed E-state index contributed by atoms with van der Waals surface area (Å²) < 4.78 is 0. The molecule has 7 heteroatoms. The van der Waals surface area contributed by atoms with Gasteiger partial charge in [0.05, 0.1) is 4.92 Å². The van der Waals surface area contributed by atoms with Crippen LogP contribution in [0.15, 0.2) is 72.8 Å². The minimum Gasteiger partial charge on any atom is -0.310 e. The van der Waals surface area contributed by atoms with Gasteiger partial charge in [-0.25, -0.2) is 0 Å². The van der Waals surface area contributed by atoms with Gasteiger partial charge in [-0.2, -0.15) is 0 Å². The van der Waals surface area contributed by atoms with Gasteiger partial charge in [-0.3, -0.25) is 10.1 Å². The Labute approximate surface area is 285 Å². The Balaban J connectivity index is 1.23. The summed E-state index contributed by atoms with van der Waals surface area (Å²) in [4.78, 5) is 11.3. The lowest BCUT2D eigenvalue weighted by atomic mass is 9.79. The summed E-state index contributed by atoms with van der Waals surface area (Å²) in [6, 6.07) is 23.6. The van der Waals surface area contributed by atoms with Crippen LogP contribution in [0.25, 0.3) is 0 Å². The number of aryl methyl sites for hydroxylation is 4. The molecule has 7 nitrogen and oxygen atoms in total. The fraction of sp³-hybridized carbons (Fsp3) is 0.512. The predicted octanol–water partition coefficient (Wildman–Crippen LogP) is 6.75. The predicted molar refractivity (Wildman–Crippen MR) is 193 cm³/mol. The highest BCUT2D eigenvalue weighted by Crippen LogP contribution is 2.44. The van der Waals surface area contributed by atoms with E-state index in [0.29, 0.717) is 42.0 Å². The molecule has 0 amide bonds. The molecule has 8 rings (SSSR count). The lowest BCUT2D eigenvalue weighted by molar-refractivity contribution is -0.384. The third-order valence-corrected chi connectivity index (χ3v) is 12.8. The van der Waals surface area contributed by atoms with Gasteiger partial charge < -0.3 is 21.3 Å². The number of hydrogen-bond acceptors (Lipinski definition) is 6. The number of nitro benzene ring substituents is 1. The Morgan fingerprint density at radius 1 is 0.521 bits per heavy atom. The molecular formula is C41H51N5O2. The third kappa shape index (κ3) is 5.63. The van der Waals surface area contributed by atoms with E-state index in [1.165, 1.54) is 59.1 Å². The van der Waals surface area contributed by atoms with Crippen molar-refractivity contribution < 1.29 is 4.92 Å². The third-order valence-electron chi connectivity index (χ3n) is 12.8. The number of rotatable bonds is 4. The molecule has 0 aromatic heterocycles. The van der Waals surface area contributed by atoms with E-state index in [-0.39, 0.29) is 34.7 Å². The van der Waals surface area contributed by atoms with Crippen LogP contribution in [-0.2, 0) is 0 Å². The normalized spacial score (nSPS) is 35.8. The van der Waals surface area contributed by atoms with Gasteiger partial charge in [-0.05, 0) is 105 Å². The van der Waals surface area contributed by atoms with Crippen molar-refractivity contribution in [3.05, 3.63) is 122 Å².